The van der Waals surface area contributed by atoms with E-state index in [1.807, 2.05) is 13.8 Å². The third kappa shape index (κ3) is 3.57. The molecule has 2 heterocycles. The van der Waals surface area contributed by atoms with Crippen LogP contribution in [-0.2, 0) is 28.3 Å². The van der Waals surface area contributed by atoms with E-state index in [9.17, 15) is 18.3 Å². The van der Waals surface area contributed by atoms with Crippen molar-refractivity contribution in [1.82, 2.24) is 14.5 Å². The van der Waals surface area contributed by atoms with Crippen LogP contribution in [0, 0.1) is 13.8 Å². The minimum Gasteiger partial charge on any atom is -0.487 e. The molecule has 1 aromatic carbocycles. The van der Waals surface area contributed by atoms with E-state index in [2.05, 4.69) is 9.82 Å². The summed E-state index contributed by atoms with van der Waals surface area (Å²) in [4.78, 5) is 11.8. The molecule has 0 saturated carbocycles. The van der Waals surface area contributed by atoms with Gasteiger partial charge in [-0.05, 0) is 51.5 Å². The molecule has 0 radical (unpaired) electrons. The predicted molar refractivity (Wildman–Crippen MR) is 98.2 cm³/mol. The van der Waals surface area contributed by atoms with Gasteiger partial charge in [0.15, 0.2) is 0 Å². The van der Waals surface area contributed by atoms with Crippen molar-refractivity contribution in [3.8, 4) is 5.75 Å². The van der Waals surface area contributed by atoms with Crippen molar-refractivity contribution in [1.29, 1.82) is 0 Å². The molecule has 0 bridgehead atoms. The summed E-state index contributed by atoms with van der Waals surface area (Å²) in [5.74, 6) is -0.643. The van der Waals surface area contributed by atoms with Crippen molar-refractivity contribution in [2.75, 3.05) is 0 Å². The van der Waals surface area contributed by atoms with E-state index in [0.29, 0.717) is 29.1 Å². The number of fused-ring (bicyclic) bond motifs is 1. The molecule has 1 aliphatic heterocycles. The van der Waals surface area contributed by atoms with Crippen LogP contribution < -0.4 is 9.46 Å². The van der Waals surface area contributed by atoms with E-state index >= 15 is 0 Å². The average Bonchev–Trinajstić information content (AvgIpc) is 2.98. The van der Waals surface area contributed by atoms with Crippen molar-refractivity contribution >= 4 is 16.0 Å². The Hall–Kier alpha value is -2.39. The topological polar surface area (TPSA) is 111 Å². The lowest BCUT2D eigenvalue weighted by atomic mass is 10.0. The van der Waals surface area contributed by atoms with Gasteiger partial charge in [0.05, 0.1) is 10.6 Å². The van der Waals surface area contributed by atoms with Gasteiger partial charge < -0.3 is 9.84 Å². The number of aryl methyl sites for hydroxylation is 2. The van der Waals surface area contributed by atoms with Gasteiger partial charge in [0, 0.05) is 24.7 Å². The normalized spacial score (nSPS) is 16.6. The largest absolute Gasteiger partial charge is 0.487 e. The Morgan fingerprint density at radius 1 is 1.37 bits per heavy atom. The number of rotatable bonds is 5. The first-order chi connectivity index (χ1) is 12.4. The minimum absolute atomic E-state index is 0.00740. The summed E-state index contributed by atoms with van der Waals surface area (Å²) < 4.78 is 35.3. The van der Waals surface area contributed by atoms with Crippen molar-refractivity contribution in [3.05, 3.63) is 40.7 Å². The third-order valence-corrected chi connectivity index (χ3v) is 6.14. The molecule has 8 nitrogen and oxygen atoms in total. The van der Waals surface area contributed by atoms with Crippen molar-refractivity contribution in [2.45, 2.75) is 50.7 Å². The highest BCUT2D eigenvalue weighted by molar-refractivity contribution is 7.89. The minimum atomic E-state index is -4.06. The second-order valence-corrected chi connectivity index (χ2v) is 9.12. The molecule has 1 aromatic heterocycles. The van der Waals surface area contributed by atoms with Crippen molar-refractivity contribution < 1.29 is 23.1 Å². The first-order valence-electron chi connectivity index (χ1n) is 8.48. The molecule has 1 atom stereocenters. The molecule has 3 rings (SSSR count). The second kappa shape index (κ2) is 6.35. The Morgan fingerprint density at radius 2 is 2.04 bits per heavy atom. The summed E-state index contributed by atoms with van der Waals surface area (Å²) in [6, 6.07) is 3.14. The van der Waals surface area contributed by atoms with Crippen LogP contribution in [0.25, 0.3) is 0 Å². The summed E-state index contributed by atoms with van der Waals surface area (Å²) in [5.41, 5.74) is 1.79. The van der Waals surface area contributed by atoms with Gasteiger partial charge in [-0.1, -0.05) is 0 Å². The number of carbonyl (C=O) groups is 1. The number of nitrogens with zero attached hydrogens (tertiary/aromatic N) is 2. The van der Waals surface area contributed by atoms with Crippen LogP contribution in [-0.4, -0.2) is 34.9 Å². The number of benzene rings is 1. The molecule has 0 spiro atoms. The van der Waals surface area contributed by atoms with E-state index in [1.165, 1.54) is 16.8 Å². The lowest BCUT2D eigenvalue weighted by Gasteiger charge is -2.16. The number of aliphatic carboxylic acids is 1. The Bertz CT molecular complexity index is 1020. The number of sulfonamides is 1. The maximum atomic E-state index is 12.9. The molecule has 1 aliphatic rings. The van der Waals surface area contributed by atoms with Crippen LogP contribution in [0.5, 0.6) is 5.75 Å². The van der Waals surface area contributed by atoms with E-state index in [4.69, 9.17) is 4.74 Å². The molecule has 146 valence electrons. The number of carboxylic acid groups (broad SMARTS) is 1. The van der Waals surface area contributed by atoms with Crippen LogP contribution in [0.3, 0.4) is 0 Å². The fourth-order valence-corrected chi connectivity index (χ4v) is 4.63. The standard InChI is InChI=1S/C18H23N3O5S/c1-10-15(11(2)21(5)19-10)16(17(22)23)20-27(24,25)13-6-7-14-12(8-13)9-18(3,4)26-14/h6-8,16,20H,9H2,1-5H3,(H,22,23). The summed E-state index contributed by atoms with van der Waals surface area (Å²) in [7, 11) is -2.38. The maximum Gasteiger partial charge on any atom is 0.326 e. The van der Waals surface area contributed by atoms with Crippen LogP contribution in [0.1, 0.15) is 42.4 Å². The van der Waals surface area contributed by atoms with Crippen LogP contribution >= 0.6 is 0 Å². The number of ether oxygens (including phenoxy) is 1. The molecule has 0 amide bonds. The highest BCUT2D eigenvalue weighted by atomic mass is 32.2. The summed E-state index contributed by atoms with van der Waals surface area (Å²) in [6.07, 6.45) is 0.578. The monoisotopic (exact) mass is 393 g/mol. The summed E-state index contributed by atoms with van der Waals surface area (Å²) in [5, 5.41) is 13.8. The number of carboxylic acids is 1. The zero-order valence-corrected chi connectivity index (χ0v) is 16.7. The molecule has 2 aromatic rings. The predicted octanol–water partition coefficient (Wildman–Crippen LogP) is 1.85. The SMILES string of the molecule is Cc1nn(C)c(C)c1C(NS(=O)(=O)c1ccc2c(c1)CC(C)(C)O2)C(=O)O. The number of nitrogens with one attached hydrogen (secondary N) is 1. The van der Waals surface area contributed by atoms with Gasteiger partial charge in [0.2, 0.25) is 10.0 Å². The molecule has 2 N–H and O–H groups in total. The van der Waals surface area contributed by atoms with Crippen molar-refractivity contribution in [3.63, 3.8) is 0 Å². The quantitative estimate of drug-likeness (QED) is 0.802. The Labute approximate surface area is 158 Å². The van der Waals surface area contributed by atoms with E-state index in [0.717, 1.165) is 5.56 Å². The van der Waals surface area contributed by atoms with Crippen LogP contribution in [0.2, 0.25) is 0 Å². The average molecular weight is 393 g/mol. The van der Waals surface area contributed by atoms with E-state index < -0.39 is 27.6 Å². The highest BCUT2D eigenvalue weighted by Gasteiger charge is 2.34. The second-order valence-electron chi connectivity index (χ2n) is 7.41. The number of hydrogen-bond donors (Lipinski definition) is 2. The highest BCUT2D eigenvalue weighted by Crippen LogP contribution is 2.36. The zero-order chi connectivity index (χ0) is 20.1. The lowest BCUT2D eigenvalue weighted by molar-refractivity contribution is -0.139. The van der Waals surface area contributed by atoms with Gasteiger partial charge in [-0.2, -0.15) is 9.82 Å². The molecular weight excluding hydrogens is 370 g/mol. The first-order valence-corrected chi connectivity index (χ1v) is 9.97. The number of hydrogen-bond acceptors (Lipinski definition) is 5. The van der Waals surface area contributed by atoms with E-state index in [-0.39, 0.29) is 4.90 Å². The molecule has 9 heteroatoms. The summed E-state index contributed by atoms with van der Waals surface area (Å²) in [6.45, 7) is 7.21. The fourth-order valence-electron chi connectivity index (χ4n) is 3.42. The molecule has 0 fully saturated rings. The molecule has 1 unspecified atom stereocenters. The zero-order valence-electron chi connectivity index (χ0n) is 15.9. The smallest absolute Gasteiger partial charge is 0.326 e. The first kappa shape index (κ1) is 19.4. The summed E-state index contributed by atoms with van der Waals surface area (Å²) >= 11 is 0. The molecule has 0 saturated heterocycles. The van der Waals surface area contributed by atoms with Gasteiger partial charge in [-0.15, -0.1) is 0 Å². The Balaban J connectivity index is 1.97. The molecule has 0 aliphatic carbocycles. The Morgan fingerprint density at radius 3 is 2.59 bits per heavy atom. The van der Waals surface area contributed by atoms with Crippen LogP contribution in [0.4, 0.5) is 0 Å². The third-order valence-electron chi connectivity index (χ3n) is 4.72. The Kier molecular flexibility index (Phi) is 4.55. The molecule has 27 heavy (non-hydrogen) atoms. The van der Waals surface area contributed by atoms with E-state index in [1.54, 1.807) is 27.0 Å². The molecular formula is C18H23N3O5S. The van der Waals surface area contributed by atoms with Gasteiger partial charge in [0.1, 0.15) is 17.4 Å². The van der Waals surface area contributed by atoms with Gasteiger partial charge in [-0.25, -0.2) is 8.42 Å². The van der Waals surface area contributed by atoms with Gasteiger partial charge in [0.25, 0.3) is 0 Å². The van der Waals surface area contributed by atoms with Crippen LogP contribution in [0.15, 0.2) is 23.1 Å². The number of aromatic nitrogens is 2. The maximum absolute atomic E-state index is 12.9. The van der Waals surface area contributed by atoms with Gasteiger partial charge >= 0.3 is 5.97 Å². The lowest BCUT2D eigenvalue weighted by Crippen LogP contribution is -2.34. The fraction of sp³-hybridized carbons (Fsp3) is 0.444. The van der Waals surface area contributed by atoms with Crippen molar-refractivity contribution in [2.24, 2.45) is 7.05 Å². The van der Waals surface area contributed by atoms with Gasteiger partial charge in [-0.3, -0.25) is 9.48 Å².